The largest absolute Gasteiger partial charge is 0.391 e. The van der Waals surface area contributed by atoms with Crippen LogP contribution in [0.3, 0.4) is 0 Å². The van der Waals surface area contributed by atoms with E-state index in [9.17, 15) is 10.4 Å². The van der Waals surface area contributed by atoms with E-state index in [1.165, 1.54) is 12.8 Å². The van der Waals surface area contributed by atoms with Gasteiger partial charge in [-0.25, -0.2) is 0 Å². The first-order valence-electron chi connectivity index (χ1n) is 6.85. The molecule has 1 saturated heterocycles. The van der Waals surface area contributed by atoms with Crippen molar-refractivity contribution in [2.45, 2.75) is 51.6 Å². The van der Waals surface area contributed by atoms with Gasteiger partial charge in [-0.3, -0.25) is 0 Å². The zero-order valence-electron chi connectivity index (χ0n) is 10.7. The van der Waals surface area contributed by atoms with E-state index in [0.29, 0.717) is 18.4 Å². The molecule has 0 aromatic heterocycles. The summed E-state index contributed by atoms with van der Waals surface area (Å²) in [6.45, 7) is 3.39. The monoisotopic (exact) mass is 237 g/mol. The standard InChI is InChI=1S/C14H23NO2/c1-11-4-2-5-12(8-11)13(16)14(9-15)6-3-7-17-10-14/h11-13,16H,2-8,10H2,1H3. The minimum Gasteiger partial charge on any atom is -0.391 e. The van der Waals surface area contributed by atoms with Crippen molar-refractivity contribution in [3.63, 3.8) is 0 Å². The van der Waals surface area contributed by atoms with Gasteiger partial charge in [0, 0.05) is 6.61 Å². The lowest BCUT2D eigenvalue weighted by Gasteiger charge is -2.41. The highest BCUT2D eigenvalue weighted by Crippen LogP contribution is 2.41. The molecule has 3 heteroatoms. The molecule has 0 amide bonds. The second-order valence-electron chi connectivity index (χ2n) is 5.90. The number of nitriles is 1. The Morgan fingerprint density at radius 3 is 2.82 bits per heavy atom. The van der Waals surface area contributed by atoms with Crippen LogP contribution in [0.2, 0.25) is 0 Å². The average Bonchev–Trinajstić information content (AvgIpc) is 2.38. The van der Waals surface area contributed by atoms with E-state index in [1.54, 1.807) is 0 Å². The van der Waals surface area contributed by atoms with Crippen molar-refractivity contribution in [2.24, 2.45) is 17.3 Å². The smallest absolute Gasteiger partial charge is 0.107 e. The van der Waals surface area contributed by atoms with Crippen LogP contribution in [0.1, 0.15) is 45.4 Å². The predicted octanol–water partition coefficient (Wildman–Crippen LogP) is 2.49. The lowest BCUT2D eigenvalue weighted by molar-refractivity contribution is -0.0804. The molecule has 96 valence electrons. The van der Waals surface area contributed by atoms with Crippen LogP contribution in [0, 0.1) is 28.6 Å². The number of rotatable bonds is 2. The minimum atomic E-state index is -0.639. The van der Waals surface area contributed by atoms with Crippen LogP contribution < -0.4 is 0 Å². The van der Waals surface area contributed by atoms with Crippen molar-refractivity contribution >= 4 is 0 Å². The molecular formula is C14H23NO2. The van der Waals surface area contributed by atoms with E-state index in [0.717, 1.165) is 32.3 Å². The number of nitrogens with zero attached hydrogens (tertiary/aromatic N) is 1. The number of hydrogen-bond acceptors (Lipinski definition) is 3. The molecule has 1 N–H and O–H groups in total. The fourth-order valence-electron chi connectivity index (χ4n) is 3.42. The Balaban J connectivity index is 2.06. The second kappa shape index (κ2) is 5.37. The molecule has 1 aliphatic heterocycles. The van der Waals surface area contributed by atoms with E-state index in [1.807, 2.05) is 0 Å². The van der Waals surface area contributed by atoms with E-state index in [2.05, 4.69) is 13.0 Å². The van der Waals surface area contributed by atoms with Gasteiger partial charge < -0.3 is 9.84 Å². The Kier molecular flexibility index (Phi) is 4.06. The number of ether oxygens (including phenoxy) is 1. The Morgan fingerprint density at radius 1 is 1.41 bits per heavy atom. The van der Waals surface area contributed by atoms with Crippen molar-refractivity contribution in [2.75, 3.05) is 13.2 Å². The summed E-state index contributed by atoms with van der Waals surface area (Å²) in [6, 6.07) is 2.35. The fourth-order valence-corrected chi connectivity index (χ4v) is 3.42. The summed E-state index contributed by atoms with van der Waals surface area (Å²) in [5.41, 5.74) is -0.639. The van der Waals surface area contributed by atoms with E-state index >= 15 is 0 Å². The van der Waals surface area contributed by atoms with Crippen molar-refractivity contribution < 1.29 is 9.84 Å². The Hall–Kier alpha value is -0.590. The zero-order valence-corrected chi connectivity index (χ0v) is 10.7. The van der Waals surface area contributed by atoms with Crippen molar-refractivity contribution in [1.82, 2.24) is 0 Å². The molecule has 2 aliphatic rings. The molecule has 0 aromatic carbocycles. The van der Waals surface area contributed by atoms with E-state index < -0.39 is 11.5 Å². The maximum atomic E-state index is 10.6. The van der Waals surface area contributed by atoms with Crippen LogP contribution in [0.5, 0.6) is 0 Å². The molecule has 0 aromatic rings. The molecule has 1 aliphatic carbocycles. The maximum Gasteiger partial charge on any atom is 0.107 e. The van der Waals surface area contributed by atoms with Gasteiger partial charge in [-0.05, 0) is 37.5 Å². The first kappa shape index (κ1) is 12.9. The zero-order chi connectivity index (χ0) is 12.3. The fraction of sp³-hybridized carbons (Fsp3) is 0.929. The Morgan fingerprint density at radius 2 is 2.24 bits per heavy atom. The summed E-state index contributed by atoms with van der Waals surface area (Å²) < 4.78 is 5.43. The second-order valence-corrected chi connectivity index (χ2v) is 5.90. The van der Waals surface area contributed by atoms with Gasteiger partial charge >= 0.3 is 0 Å². The van der Waals surface area contributed by atoms with Crippen LogP contribution in [0.25, 0.3) is 0 Å². The molecule has 1 saturated carbocycles. The van der Waals surface area contributed by atoms with Crippen molar-refractivity contribution in [3.05, 3.63) is 0 Å². The predicted molar refractivity (Wildman–Crippen MR) is 65.2 cm³/mol. The number of aliphatic hydroxyl groups excluding tert-OH is 1. The molecule has 2 fully saturated rings. The highest BCUT2D eigenvalue weighted by Gasteiger charge is 2.44. The molecule has 0 radical (unpaired) electrons. The molecule has 2 rings (SSSR count). The van der Waals surface area contributed by atoms with Crippen LogP contribution in [0.4, 0.5) is 0 Å². The summed E-state index contributed by atoms with van der Waals surface area (Å²) in [5, 5.41) is 20.0. The minimum absolute atomic E-state index is 0.292. The first-order valence-corrected chi connectivity index (χ1v) is 6.85. The van der Waals surface area contributed by atoms with Gasteiger partial charge in [0.25, 0.3) is 0 Å². The topological polar surface area (TPSA) is 53.2 Å². The quantitative estimate of drug-likeness (QED) is 0.802. The molecular weight excluding hydrogens is 214 g/mol. The van der Waals surface area contributed by atoms with Gasteiger partial charge in [0.05, 0.1) is 18.8 Å². The maximum absolute atomic E-state index is 10.6. The summed E-state index contributed by atoms with van der Waals surface area (Å²) >= 11 is 0. The van der Waals surface area contributed by atoms with Crippen LogP contribution in [-0.2, 0) is 4.74 Å². The third-order valence-electron chi connectivity index (χ3n) is 4.48. The summed E-state index contributed by atoms with van der Waals surface area (Å²) in [4.78, 5) is 0. The lowest BCUT2D eigenvalue weighted by atomic mass is 9.68. The van der Waals surface area contributed by atoms with Crippen LogP contribution >= 0.6 is 0 Å². The average molecular weight is 237 g/mol. The molecule has 1 heterocycles. The Labute approximate surface area is 104 Å². The molecule has 0 bridgehead atoms. The van der Waals surface area contributed by atoms with Crippen molar-refractivity contribution in [1.29, 1.82) is 5.26 Å². The number of aliphatic hydroxyl groups is 1. The third-order valence-corrected chi connectivity index (χ3v) is 4.48. The van der Waals surface area contributed by atoms with Gasteiger partial charge in [-0.1, -0.05) is 19.8 Å². The van der Waals surface area contributed by atoms with Gasteiger partial charge in [0.2, 0.25) is 0 Å². The molecule has 4 atom stereocenters. The van der Waals surface area contributed by atoms with E-state index in [4.69, 9.17) is 4.74 Å². The lowest BCUT2D eigenvalue weighted by Crippen LogP contribution is -2.46. The van der Waals surface area contributed by atoms with Crippen molar-refractivity contribution in [3.8, 4) is 6.07 Å². The normalized spacial score (nSPS) is 40.5. The van der Waals surface area contributed by atoms with Gasteiger partial charge in [0.15, 0.2) is 0 Å². The van der Waals surface area contributed by atoms with Crippen LogP contribution in [0.15, 0.2) is 0 Å². The molecule has 3 nitrogen and oxygen atoms in total. The van der Waals surface area contributed by atoms with Gasteiger partial charge in [0.1, 0.15) is 5.41 Å². The molecule has 4 unspecified atom stereocenters. The highest BCUT2D eigenvalue weighted by atomic mass is 16.5. The molecule has 17 heavy (non-hydrogen) atoms. The summed E-state index contributed by atoms with van der Waals surface area (Å²) in [7, 11) is 0. The summed E-state index contributed by atoms with van der Waals surface area (Å²) in [5.74, 6) is 0.976. The number of hydrogen-bond donors (Lipinski definition) is 1. The van der Waals surface area contributed by atoms with Crippen LogP contribution in [-0.4, -0.2) is 24.4 Å². The first-order chi connectivity index (χ1) is 8.18. The highest BCUT2D eigenvalue weighted by molar-refractivity contribution is 5.07. The van der Waals surface area contributed by atoms with Gasteiger partial charge in [-0.2, -0.15) is 5.26 Å². The third kappa shape index (κ3) is 2.64. The Bertz CT molecular complexity index is 291. The summed E-state index contributed by atoms with van der Waals surface area (Å²) in [6.07, 6.45) is 5.75. The SMILES string of the molecule is CC1CCCC(C(O)C2(C#N)CCCOC2)C1. The van der Waals surface area contributed by atoms with E-state index in [-0.39, 0.29) is 0 Å². The van der Waals surface area contributed by atoms with Gasteiger partial charge in [-0.15, -0.1) is 0 Å². The molecule has 0 spiro atoms.